The molecule has 1 unspecified atom stereocenters. The first kappa shape index (κ1) is 17.1. The summed E-state index contributed by atoms with van der Waals surface area (Å²) in [5, 5.41) is 3.43. The third-order valence-electron chi connectivity index (χ3n) is 2.98. The van der Waals surface area contributed by atoms with Crippen LogP contribution < -0.4 is 15.8 Å². The van der Waals surface area contributed by atoms with E-state index in [9.17, 15) is 9.59 Å². The number of hydrogen-bond acceptors (Lipinski definition) is 3. The zero-order valence-electron chi connectivity index (χ0n) is 12.2. The van der Waals surface area contributed by atoms with E-state index in [1.807, 2.05) is 0 Å². The fourth-order valence-electron chi connectivity index (χ4n) is 1.81. The Balaban J connectivity index is 2.05. The molecule has 0 aliphatic heterocycles. The van der Waals surface area contributed by atoms with Gasteiger partial charge in [-0.25, -0.2) is 0 Å². The van der Waals surface area contributed by atoms with Crippen molar-refractivity contribution in [1.29, 1.82) is 0 Å². The number of benzene rings is 2. The Hall–Kier alpha value is -2.24. The maximum atomic E-state index is 12.2. The Morgan fingerprint density at radius 2 is 1.91 bits per heavy atom. The van der Waals surface area contributed by atoms with Crippen LogP contribution >= 0.6 is 23.2 Å². The first-order chi connectivity index (χ1) is 10.9. The molecule has 0 spiro atoms. The molecule has 23 heavy (non-hydrogen) atoms. The molecular formula is C16H14Cl2N2O3. The summed E-state index contributed by atoms with van der Waals surface area (Å²) in [7, 11) is 0. The van der Waals surface area contributed by atoms with Crippen LogP contribution in [0, 0.1) is 0 Å². The van der Waals surface area contributed by atoms with E-state index < -0.39 is 17.9 Å². The monoisotopic (exact) mass is 352 g/mol. The van der Waals surface area contributed by atoms with Gasteiger partial charge in [0.05, 0.1) is 5.02 Å². The van der Waals surface area contributed by atoms with E-state index in [4.69, 9.17) is 33.7 Å². The fourth-order valence-corrected chi connectivity index (χ4v) is 2.26. The smallest absolute Gasteiger partial charge is 0.265 e. The molecule has 0 radical (unpaired) electrons. The average molecular weight is 353 g/mol. The summed E-state index contributed by atoms with van der Waals surface area (Å²) in [6.07, 6.45) is -0.800. The molecule has 1 atom stereocenters. The van der Waals surface area contributed by atoms with Crippen LogP contribution in [-0.4, -0.2) is 17.9 Å². The van der Waals surface area contributed by atoms with Gasteiger partial charge < -0.3 is 15.8 Å². The number of nitrogens with two attached hydrogens (primary N) is 1. The summed E-state index contributed by atoms with van der Waals surface area (Å²) >= 11 is 11.8. The SMILES string of the molecule is CC(Oc1ccc(Cl)cc1Cl)C(=O)Nc1cccc(C(N)=O)c1. The maximum Gasteiger partial charge on any atom is 0.265 e. The minimum Gasteiger partial charge on any atom is -0.479 e. The van der Waals surface area contributed by atoms with Crippen LogP contribution in [0.3, 0.4) is 0 Å². The highest BCUT2D eigenvalue weighted by molar-refractivity contribution is 6.35. The summed E-state index contributed by atoms with van der Waals surface area (Å²) in [5.74, 6) is -0.611. The quantitative estimate of drug-likeness (QED) is 0.863. The van der Waals surface area contributed by atoms with E-state index in [0.717, 1.165) is 0 Å². The van der Waals surface area contributed by atoms with Gasteiger partial charge in [-0.05, 0) is 43.3 Å². The Labute approximate surface area is 143 Å². The van der Waals surface area contributed by atoms with Crippen molar-refractivity contribution in [3.8, 4) is 5.75 Å². The van der Waals surface area contributed by atoms with E-state index >= 15 is 0 Å². The predicted molar refractivity (Wildman–Crippen MR) is 90.1 cm³/mol. The highest BCUT2D eigenvalue weighted by Crippen LogP contribution is 2.28. The Kier molecular flexibility index (Phi) is 5.47. The standard InChI is InChI=1S/C16H14Cl2N2O3/c1-9(23-14-6-5-11(17)8-13(14)18)16(22)20-12-4-2-3-10(7-12)15(19)21/h2-9H,1H3,(H2,19,21)(H,20,22). The number of primary amides is 1. The summed E-state index contributed by atoms with van der Waals surface area (Å²) in [6, 6.07) is 11.0. The van der Waals surface area contributed by atoms with Crippen LogP contribution in [0.15, 0.2) is 42.5 Å². The van der Waals surface area contributed by atoms with Gasteiger partial charge in [-0.2, -0.15) is 0 Å². The minimum absolute atomic E-state index is 0.303. The van der Waals surface area contributed by atoms with Crippen molar-refractivity contribution in [2.75, 3.05) is 5.32 Å². The molecule has 7 heteroatoms. The number of nitrogens with one attached hydrogen (secondary N) is 1. The summed E-state index contributed by atoms with van der Waals surface area (Å²) in [5.41, 5.74) is 5.95. The second-order valence-corrected chi connectivity index (χ2v) is 5.61. The van der Waals surface area contributed by atoms with Crippen molar-refractivity contribution < 1.29 is 14.3 Å². The van der Waals surface area contributed by atoms with Gasteiger partial charge in [0.15, 0.2) is 6.10 Å². The lowest BCUT2D eigenvalue weighted by Gasteiger charge is -2.16. The predicted octanol–water partition coefficient (Wildman–Crippen LogP) is 3.50. The Bertz CT molecular complexity index is 750. The average Bonchev–Trinajstić information content (AvgIpc) is 2.50. The number of hydrogen-bond donors (Lipinski definition) is 2. The number of carbonyl (C=O) groups is 2. The van der Waals surface area contributed by atoms with Crippen LogP contribution in [-0.2, 0) is 4.79 Å². The van der Waals surface area contributed by atoms with Crippen molar-refractivity contribution in [1.82, 2.24) is 0 Å². The molecule has 0 saturated heterocycles. The molecule has 2 aromatic carbocycles. The van der Waals surface area contributed by atoms with Crippen molar-refractivity contribution in [3.63, 3.8) is 0 Å². The van der Waals surface area contributed by atoms with Gasteiger partial charge in [0, 0.05) is 16.3 Å². The first-order valence-electron chi connectivity index (χ1n) is 6.69. The van der Waals surface area contributed by atoms with Crippen LogP contribution in [0.5, 0.6) is 5.75 Å². The highest BCUT2D eigenvalue weighted by Gasteiger charge is 2.17. The van der Waals surface area contributed by atoms with Crippen molar-refractivity contribution >= 4 is 40.7 Å². The van der Waals surface area contributed by atoms with Crippen LogP contribution in [0.2, 0.25) is 10.0 Å². The van der Waals surface area contributed by atoms with E-state index in [-0.39, 0.29) is 0 Å². The lowest BCUT2D eigenvalue weighted by molar-refractivity contribution is -0.122. The van der Waals surface area contributed by atoms with E-state index in [2.05, 4.69) is 5.32 Å². The first-order valence-corrected chi connectivity index (χ1v) is 7.45. The maximum absolute atomic E-state index is 12.2. The van der Waals surface area contributed by atoms with Crippen molar-refractivity contribution in [2.45, 2.75) is 13.0 Å². The number of ether oxygens (including phenoxy) is 1. The molecule has 5 nitrogen and oxygen atoms in total. The largest absolute Gasteiger partial charge is 0.479 e. The topological polar surface area (TPSA) is 81.4 Å². The van der Waals surface area contributed by atoms with Gasteiger partial charge in [0.1, 0.15) is 5.75 Å². The normalized spacial score (nSPS) is 11.6. The van der Waals surface area contributed by atoms with E-state index in [1.165, 1.54) is 12.1 Å². The second kappa shape index (κ2) is 7.35. The molecular weight excluding hydrogens is 339 g/mol. The van der Waals surface area contributed by atoms with Crippen LogP contribution in [0.25, 0.3) is 0 Å². The van der Waals surface area contributed by atoms with Gasteiger partial charge in [-0.3, -0.25) is 9.59 Å². The zero-order chi connectivity index (χ0) is 17.0. The van der Waals surface area contributed by atoms with Gasteiger partial charge in [-0.1, -0.05) is 29.3 Å². The van der Waals surface area contributed by atoms with Gasteiger partial charge in [-0.15, -0.1) is 0 Å². The lowest BCUT2D eigenvalue weighted by atomic mass is 10.2. The van der Waals surface area contributed by atoms with Gasteiger partial charge in [0.25, 0.3) is 5.91 Å². The summed E-state index contributed by atoms with van der Waals surface area (Å²) in [4.78, 5) is 23.3. The number of rotatable bonds is 5. The van der Waals surface area contributed by atoms with Crippen LogP contribution in [0.1, 0.15) is 17.3 Å². The molecule has 3 N–H and O–H groups in total. The third-order valence-corrected chi connectivity index (χ3v) is 3.51. The molecule has 0 heterocycles. The molecule has 0 fully saturated rings. The molecule has 2 amide bonds. The number of amides is 2. The molecule has 0 aliphatic carbocycles. The van der Waals surface area contributed by atoms with Crippen molar-refractivity contribution in [3.05, 3.63) is 58.1 Å². The van der Waals surface area contributed by atoms with Gasteiger partial charge in [0.2, 0.25) is 5.91 Å². The number of carbonyl (C=O) groups excluding carboxylic acids is 2. The lowest BCUT2D eigenvalue weighted by Crippen LogP contribution is -2.30. The van der Waals surface area contributed by atoms with E-state index in [1.54, 1.807) is 37.3 Å². The number of anilines is 1. The highest BCUT2D eigenvalue weighted by atomic mass is 35.5. The fraction of sp³-hybridized carbons (Fsp3) is 0.125. The molecule has 0 bridgehead atoms. The molecule has 0 saturated carbocycles. The molecule has 2 aromatic rings. The Morgan fingerprint density at radius 1 is 1.17 bits per heavy atom. The summed E-state index contributed by atoms with van der Waals surface area (Å²) in [6.45, 7) is 1.58. The molecule has 0 aliphatic rings. The zero-order valence-corrected chi connectivity index (χ0v) is 13.7. The van der Waals surface area contributed by atoms with Gasteiger partial charge >= 0.3 is 0 Å². The molecule has 120 valence electrons. The second-order valence-electron chi connectivity index (χ2n) is 4.77. The van der Waals surface area contributed by atoms with Crippen LogP contribution in [0.4, 0.5) is 5.69 Å². The minimum atomic E-state index is -0.800. The molecule has 0 aromatic heterocycles. The third kappa shape index (κ3) is 4.61. The number of halogens is 2. The Morgan fingerprint density at radius 3 is 2.57 bits per heavy atom. The van der Waals surface area contributed by atoms with E-state index in [0.29, 0.717) is 27.0 Å². The molecule has 2 rings (SSSR count). The summed E-state index contributed by atoms with van der Waals surface area (Å²) < 4.78 is 5.52. The van der Waals surface area contributed by atoms with Crippen molar-refractivity contribution in [2.24, 2.45) is 5.73 Å².